The van der Waals surface area contributed by atoms with Crippen molar-refractivity contribution in [2.24, 2.45) is 0 Å². The predicted octanol–water partition coefficient (Wildman–Crippen LogP) is 3.81. The Morgan fingerprint density at radius 1 is 0.862 bits per heavy atom. The summed E-state index contributed by atoms with van der Waals surface area (Å²) in [5.41, 5.74) is 2.46. The summed E-state index contributed by atoms with van der Waals surface area (Å²) in [7, 11) is 3.22. The SMILES string of the molecule is COC(=O)C1(c2ccccc2)CC2(C(=O)N(C)c3ccccc32)c2ccccc21. The number of amides is 1. The van der Waals surface area contributed by atoms with E-state index in [2.05, 4.69) is 0 Å². The first-order valence-electron chi connectivity index (χ1n) is 9.69. The van der Waals surface area contributed by atoms with Gasteiger partial charge in [-0.2, -0.15) is 0 Å². The van der Waals surface area contributed by atoms with E-state index in [1.54, 1.807) is 11.9 Å². The number of hydrogen-bond donors (Lipinski definition) is 0. The molecule has 1 amide bonds. The lowest BCUT2D eigenvalue weighted by Crippen LogP contribution is -2.43. The van der Waals surface area contributed by atoms with Gasteiger partial charge >= 0.3 is 5.97 Å². The molecule has 3 aromatic rings. The molecule has 2 atom stereocenters. The van der Waals surface area contributed by atoms with Crippen molar-refractivity contribution >= 4 is 17.6 Å². The number of rotatable bonds is 2. The molecule has 3 aromatic carbocycles. The van der Waals surface area contributed by atoms with Crippen LogP contribution in [0.15, 0.2) is 78.9 Å². The molecule has 2 aliphatic rings. The maximum Gasteiger partial charge on any atom is 0.320 e. The number of benzene rings is 3. The Bertz CT molecular complexity index is 1120. The van der Waals surface area contributed by atoms with Gasteiger partial charge in [0.2, 0.25) is 5.91 Å². The van der Waals surface area contributed by atoms with E-state index >= 15 is 0 Å². The summed E-state index contributed by atoms with van der Waals surface area (Å²) in [4.78, 5) is 28.9. The van der Waals surface area contributed by atoms with E-state index in [0.717, 1.165) is 27.9 Å². The van der Waals surface area contributed by atoms with Crippen LogP contribution in [0.5, 0.6) is 0 Å². The van der Waals surface area contributed by atoms with E-state index in [9.17, 15) is 9.59 Å². The number of carbonyl (C=O) groups is 2. The number of likely N-dealkylation sites (N-methyl/N-ethyl adjacent to an activating group) is 1. The molecule has 1 spiro atoms. The van der Waals surface area contributed by atoms with Crippen LogP contribution in [-0.2, 0) is 25.2 Å². The van der Waals surface area contributed by atoms with Gasteiger partial charge in [-0.25, -0.2) is 0 Å². The number of fused-ring (bicyclic) bond motifs is 4. The van der Waals surface area contributed by atoms with Crippen molar-refractivity contribution in [3.63, 3.8) is 0 Å². The summed E-state index contributed by atoms with van der Waals surface area (Å²) in [6.07, 6.45) is 0.316. The minimum atomic E-state index is -1.04. The highest BCUT2D eigenvalue weighted by molar-refractivity contribution is 6.12. The van der Waals surface area contributed by atoms with E-state index in [1.807, 2.05) is 78.9 Å². The Labute approximate surface area is 169 Å². The lowest BCUT2D eigenvalue weighted by molar-refractivity contribution is -0.146. The van der Waals surface area contributed by atoms with Gasteiger partial charge in [0.1, 0.15) is 10.8 Å². The molecule has 0 aromatic heterocycles. The van der Waals surface area contributed by atoms with Crippen LogP contribution in [-0.4, -0.2) is 26.0 Å². The van der Waals surface area contributed by atoms with Gasteiger partial charge in [0.05, 0.1) is 7.11 Å². The molecule has 0 radical (unpaired) electrons. The van der Waals surface area contributed by atoms with Crippen molar-refractivity contribution in [1.29, 1.82) is 0 Å². The van der Waals surface area contributed by atoms with Crippen LogP contribution >= 0.6 is 0 Å². The standard InChI is InChI=1S/C25H21NO3/c1-26-21-15-9-8-14-20(21)25(22(26)27)16-24(23(28)29-2,17-10-4-3-5-11-17)18-12-6-7-13-19(18)25/h3-15H,16H2,1-2H3. The maximum atomic E-state index is 13.8. The zero-order valence-corrected chi connectivity index (χ0v) is 16.4. The van der Waals surface area contributed by atoms with Gasteiger partial charge in [-0.15, -0.1) is 0 Å². The zero-order valence-electron chi connectivity index (χ0n) is 16.4. The number of methoxy groups -OCH3 is 1. The van der Waals surface area contributed by atoms with Gasteiger partial charge in [0.15, 0.2) is 0 Å². The molecule has 4 heteroatoms. The van der Waals surface area contributed by atoms with Crippen molar-refractivity contribution in [2.75, 3.05) is 19.1 Å². The number of ether oxygens (including phenoxy) is 1. The van der Waals surface area contributed by atoms with Crippen LogP contribution < -0.4 is 4.90 Å². The molecule has 1 aliphatic heterocycles. The molecular weight excluding hydrogens is 362 g/mol. The second-order valence-electron chi connectivity index (χ2n) is 7.77. The highest BCUT2D eigenvalue weighted by atomic mass is 16.5. The van der Waals surface area contributed by atoms with Gasteiger partial charge in [0.25, 0.3) is 0 Å². The fraction of sp³-hybridized carbons (Fsp3) is 0.200. The molecule has 0 N–H and O–H groups in total. The summed E-state index contributed by atoms with van der Waals surface area (Å²) in [5, 5.41) is 0. The second-order valence-corrected chi connectivity index (χ2v) is 7.77. The van der Waals surface area contributed by atoms with Gasteiger partial charge in [0, 0.05) is 12.7 Å². The summed E-state index contributed by atoms with van der Waals surface area (Å²) in [6.45, 7) is 0. The van der Waals surface area contributed by atoms with E-state index in [-0.39, 0.29) is 11.9 Å². The summed E-state index contributed by atoms with van der Waals surface area (Å²) < 4.78 is 5.34. The van der Waals surface area contributed by atoms with E-state index in [1.165, 1.54) is 7.11 Å². The molecule has 1 heterocycles. The Hall–Kier alpha value is -3.40. The Balaban J connectivity index is 1.88. The number of carbonyl (C=O) groups excluding carboxylic acids is 2. The summed E-state index contributed by atoms with van der Waals surface area (Å²) in [6, 6.07) is 25.3. The quantitative estimate of drug-likeness (QED) is 0.632. The molecule has 0 bridgehead atoms. The second kappa shape index (κ2) is 6.05. The first kappa shape index (κ1) is 17.7. The highest BCUT2D eigenvalue weighted by Gasteiger charge is 2.64. The molecule has 144 valence electrons. The Morgan fingerprint density at radius 3 is 2.14 bits per heavy atom. The highest BCUT2D eigenvalue weighted by Crippen LogP contribution is 2.60. The zero-order chi connectivity index (χ0) is 20.2. The maximum absolute atomic E-state index is 13.8. The molecule has 4 nitrogen and oxygen atoms in total. The average Bonchev–Trinajstić information content (AvgIpc) is 3.21. The number of nitrogens with zero attached hydrogens (tertiary/aromatic N) is 1. The van der Waals surface area contributed by atoms with Crippen molar-refractivity contribution in [2.45, 2.75) is 17.3 Å². The molecule has 0 saturated heterocycles. The van der Waals surface area contributed by atoms with Crippen molar-refractivity contribution in [3.8, 4) is 0 Å². The smallest absolute Gasteiger partial charge is 0.320 e. The number of para-hydroxylation sites is 1. The van der Waals surface area contributed by atoms with Gasteiger partial charge in [-0.3, -0.25) is 9.59 Å². The van der Waals surface area contributed by atoms with Crippen molar-refractivity contribution in [1.82, 2.24) is 0 Å². The van der Waals surface area contributed by atoms with Crippen molar-refractivity contribution in [3.05, 3.63) is 101 Å². The van der Waals surface area contributed by atoms with Gasteiger partial charge in [-0.1, -0.05) is 72.8 Å². The van der Waals surface area contributed by atoms with Crippen LogP contribution in [0.3, 0.4) is 0 Å². The van der Waals surface area contributed by atoms with Crippen LogP contribution in [0.1, 0.15) is 28.7 Å². The van der Waals surface area contributed by atoms with Crippen LogP contribution in [0, 0.1) is 0 Å². The lowest BCUT2D eigenvalue weighted by atomic mass is 9.70. The Morgan fingerprint density at radius 2 is 1.45 bits per heavy atom. The van der Waals surface area contributed by atoms with Crippen LogP contribution in [0.4, 0.5) is 5.69 Å². The molecular formula is C25H21NO3. The molecule has 2 unspecified atom stereocenters. The lowest BCUT2D eigenvalue weighted by Gasteiger charge is -2.30. The largest absolute Gasteiger partial charge is 0.468 e. The monoisotopic (exact) mass is 383 g/mol. The fourth-order valence-corrected chi connectivity index (χ4v) is 5.34. The minimum Gasteiger partial charge on any atom is -0.468 e. The predicted molar refractivity (Wildman–Crippen MR) is 111 cm³/mol. The third-order valence-corrected chi connectivity index (χ3v) is 6.57. The minimum absolute atomic E-state index is 0.00661. The van der Waals surface area contributed by atoms with Crippen molar-refractivity contribution < 1.29 is 14.3 Å². The molecule has 0 fully saturated rings. The molecule has 29 heavy (non-hydrogen) atoms. The third kappa shape index (κ3) is 2.03. The normalized spacial score (nSPS) is 24.5. The van der Waals surface area contributed by atoms with E-state index in [4.69, 9.17) is 4.74 Å². The first-order chi connectivity index (χ1) is 14.1. The third-order valence-electron chi connectivity index (χ3n) is 6.57. The molecule has 1 aliphatic carbocycles. The average molecular weight is 383 g/mol. The topological polar surface area (TPSA) is 46.6 Å². The van der Waals surface area contributed by atoms with Crippen LogP contribution in [0.2, 0.25) is 0 Å². The van der Waals surface area contributed by atoms with Gasteiger partial charge in [-0.05, 0) is 34.7 Å². The molecule has 0 saturated carbocycles. The van der Waals surface area contributed by atoms with E-state index in [0.29, 0.717) is 6.42 Å². The summed E-state index contributed by atoms with van der Waals surface area (Å²) in [5.74, 6) is -0.347. The number of hydrogen-bond acceptors (Lipinski definition) is 3. The van der Waals surface area contributed by atoms with E-state index < -0.39 is 10.8 Å². The van der Waals surface area contributed by atoms with Gasteiger partial charge < -0.3 is 9.64 Å². The number of anilines is 1. The Kier molecular flexibility index (Phi) is 3.69. The summed E-state index contributed by atoms with van der Waals surface area (Å²) >= 11 is 0. The first-order valence-corrected chi connectivity index (χ1v) is 9.69. The van der Waals surface area contributed by atoms with Crippen LogP contribution in [0.25, 0.3) is 0 Å². The molecule has 5 rings (SSSR count). The number of esters is 1. The fourth-order valence-electron chi connectivity index (χ4n) is 5.34.